The molecule has 0 saturated carbocycles. The number of carbonyl (C=O) groups excluding carboxylic acids is 1. The van der Waals surface area contributed by atoms with Crippen LogP contribution in [0.25, 0.3) is 0 Å². The number of benzene rings is 1. The second-order valence-electron chi connectivity index (χ2n) is 4.28. The number of rotatable bonds is 5. The van der Waals surface area contributed by atoms with E-state index in [1.54, 1.807) is 6.07 Å². The molecule has 1 aliphatic heterocycles. The Morgan fingerprint density at radius 1 is 1.16 bits per heavy atom. The van der Waals surface area contributed by atoms with Crippen LogP contribution in [0.5, 0.6) is 11.5 Å². The molecule has 7 heteroatoms. The zero-order chi connectivity index (χ0) is 13.9. The highest BCUT2D eigenvalue weighted by Crippen LogP contribution is 2.32. The van der Waals surface area contributed by atoms with Gasteiger partial charge in [0.2, 0.25) is 6.79 Å². The third-order valence-electron chi connectivity index (χ3n) is 2.92. The van der Waals surface area contributed by atoms with E-state index in [4.69, 9.17) is 24.8 Å². The lowest BCUT2D eigenvalue weighted by Crippen LogP contribution is -2.57. The second kappa shape index (κ2) is 5.43. The molecule has 2 rings (SSSR count). The van der Waals surface area contributed by atoms with E-state index in [1.807, 2.05) is 0 Å². The predicted molar refractivity (Wildman–Crippen MR) is 64.0 cm³/mol. The van der Waals surface area contributed by atoms with E-state index < -0.39 is 31.3 Å². The number of nitrogens with one attached hydrogen (secondary N) is 1. The summed E-state index contributed by atoms with van der Waals surface area (Å²) >= 11 is 0. The largest absolute Gasteiger partial charge is 0.454 e. The molecule has 1 aliphatic rings. The highest BCUT2D eigenvalue weighted by molar-refractivity contribution is 5.95. The Kier molecular flexibility index (Phi) is 3.89. The van der Waals surface area contributed by atoms with Crippen LogP contribution in [0, 0.1) is 0 Å². The number of hydrogen-bond donors (Lipinski definition) is 4. The molecule has 0 fully saturated rings. The molecule has 1 heterocycles. The lowest BCUT2D eigenvalue weighted by molar-refractivity contribution is 0.0375. The molecule has 104 valence electrons. The van der Waals surface area contributed by atoms with Crippen molar-refractivity contribution in [1.29, 1.82) is 0 Å². The maximum atomic E-state index is 12.0. The third-order valence-corrected chi connectivity index (χ3v) is 2.92. The molecule has 0 unspecified atom stereocenters. The van der Waals surface area contributed by atoms with Crippen molar-refractivity contribution in [2.45, 2.75) is 5.54 Å². The molecule has 0 atom stereocenters. The van der Waals surface area contributed by atoms with E-state index in [0.29, 0.717) is 11.5 Å². The van der Waals surface area contributed by atoms with E-state index in [1.165, 1.54) is 12.1 Å². The highest BCUT2D eigenvalue weighted by Gasteiger charge is 2.30. The fourth-order valence-electron chi connectivity index (χ4n) is 1.62. The van der Waals surface area contributed by atoms with Gasteiger partial charge in [0.25, 0.3) is 5.91 Å². The second-order valence-corrected chi connectivity index (χ2v) is 4.28. The molecule has 0 spiro atoms. The summed E-state index contributed by atoms with van der Waals surface area (Å²) in [4.78, 5) is 12.0. The van der Waals surface area contributed by atoms with Crippen LogP contribution in [0.2, 0.25) is 0 Å². The van der Waals surface area contributed by atoms with Crippen LogP contribution in [0.15, 0.2) is 18.2 Å². The van der Waals surface area contributed by atoms with Crippen LogP contribution in [0.3, 0.4) is 0 Å². The summed E-state index contributed by atoms with van der Waals surface area (Å²) in [6.07, 6.45) is 0. The Morgan fingerprint density at radius 2 is 1.79 bits per heavy atom. The van der Waals surface area contributed by atoms with Gasteiger partial charge in [-0.25, -0.2) is 0 Å². The standard InChI is InChI=1S/C12H15NO6/c14-4-12(5-15,6-16)13-11(17)8-1-2-9-10(3-8)19-7-18-9/h1-3,14-16H,4-7H2,(H,13,17). The van der Waals surface area contributed by atoms with Crippen molar-refractivity contribution in [3.05, 3.63) is 23.8 Å². The molecule has 4 N–H and O–H groups in total. The van der Waals surface area contributed by atoms with E-state index in [-0.39, 0.29) is 12.4 Å². The SMILES string of the molecule is O=C(NC(CO)(CO)CO)c1ccc2c(c1)OCO2. The van der Waals surface area contributed by atoms with Crippen molar-refractivity contribution in [3.8, 4) is 11.5 Å². The molecular formula is C12H15NO6. The summed E-state index contributed by atoms with van der Waals surface area (Å²) in [6.45, 7) is -1.61. The summed E-state index contributed by atoms with van der Waals surface area (Å²) in [5.74, 6) is 0.472. The van der Waals surface area contributed by atoms with Gasteiger partial charge in [-0.2, -0.15) is 0 Å². The molecule has 0 aliphatic carbocycles. The minimum absolute atomic E-state index is 0.105. The van der Waals surface area contributed by atoms with Crippen molar-refractivity contribution in [1.82, 2.24) is 5.32 Å². The van der Waals surface area contributed by atoms with Gasteiger partial charge in [-0.1, -0.05) is 0 Å². The maximum absolute atomic E-state index is 12.0. The smallest absolute Gasteiger partial charge is 0.252 e. The molecule has 19 heavy (non-hydrogen) atoms. The Labute approximate surface area is 109 Å². The van der Waals surface area contributed by atoms with Crippen LogP contribution in [0.4, 0.5) is 0 Å². The fourth-order valence-corrected chi connectivity index (χ4v) is 1.62. The third kappa shape index (κ3) is 2.62. The Hall–Kier alpha value is -1.83. The maximum Gasteiger partial charge on any atom is 0.252 e. The van der Waals surface area contributed by atoms with Gasteiger partial charge in [0.15, 0.2) is 11.5 Å². The number of hydrogen-bond acceptors (Lipinski definition) is 6. The molecule has 0 saturated heterocycles. The first-order valence-corrected chi connectivity index (χ1v) is 5.69. The zero-order valence-corrected chi connectivity index (χ0v) is 10.1. The van der Waals surface area contributed by atoms with Crippen molar-refractivity contribution in [2.75, 3.05) is 26.6 Å². The molecule has 0 bridgehead atoms. The molecular weight excluding hydrogens is 254 g/mol. The number of ether oxygens (including phenoxy) is 2. The summed E-state index contributed by atoms with van der Waals surface area (Å²) in [5, 5.41) is 29.8. The molecule has 1 amide bonds. The minimum Gasteiger partial charge on any atom is -0.454 e. The normalized spacial score (nSPS) is 13.4. The monoisotopic (exact) mass is 269 g/mol. The lowest BCUT2D eigenvalue weighted by atomic mass is 10.0. The topological polar surface area (TPSA) is 108 Å². The number of amides is 1. The fraction of sp³-hybridized carbons (Fsp3) is 0.417. The van der Waals surface area contributed by atoms with Crippen molar-refractivity contribution in [3.63, 3.8) is 0 Å². The molecule has 7 nitrogen and oxygen atoms in total. The Bertz CT molecular complexity index is 463. The zero-order valence-electron chi connectivity index (χ0n) is 10.1. The number of carbonyl (C=O) groups is 1. The Balaban J connectivity index is 2.16. The van der Waals surface area contributed by atoms with E-state index in [0.717, 1.165) is 0 Å². The summed E-state index contributed by atoms with van der Waals surface area (Å²) in [6, 6.07) is 4.62. The van der Waals surface area contributed by atoms with Crippen molar-refractivity contribution >= 4 is 5.91 Å². The average Bonchev–Trinajstić information content (AvgIpc) is 2.92. The van der Waals surface area contributed by atoms with E-state index >= 15 is 0 Å². The summed E-state index contributed by atoms with van der Waals surface area (Å²) in [5.41, 5.74) is -1.17. The average molecular weight is 269 g/mol. The van der Waals surface area contributed by atoms with Gasteiger partial charge in [-0.15, -0.1) is 0 Å². The Morgan fingerprint density at radius 3 is 2.42 bits per heavy atom. The first kappa shape index (κ1) is 13.6. The van der Waals surface area contributed by atoms with Gasteiger partial charge in [-0.05, 0) is 18.2 Å². The minimum atomic E-state index is -1.45. The molecule has 1 aromatic carbocycles. The van der Waals surface area contributed by atoms with E-state index in [2.05, 4.69) is 5.32 Å². The first-order valence-electron chi connectivity index (χ1n) is 5.69. The number of fused-ring (bicyclic) bond motifs is 1. The summed E-state index contributed by atoms with van der Waals surface area (Å²) < 4.78 is 10.3. The number of aliphatic hydroxyl groups is 3. The van der Waals surface area contributed by atoms with Gasteiger partial charge < -0.3 is 30.1 Å². The number of aliphatic hydroxyl groups excluding tert-OH is 3. The van der Waals surface area contributed by atoms with Gasteiger partial charge in [0.1, 0.15) is 5.54 Å². The van der Waals surface area contributed by atoms with Crippen LogP contribution >= 0.6 is 0 Å². The molecule has 1 aromatic rings. The van der Waals surface area contributed by atoms with Gasteiger partial charge >= 0.3 is 0 Å². The van der Waals surface area contributed by atoms with Crippen LogP contribution in [0.1, 0.15) is 10.4 Å². The first-order chi connectivity index (χ1) is 9.14. The quantitative estimate of drug-likeness (QED) is 0.538. The molecule has 0 radical (unpaired) electrons. The van der Waals surface area contributed by atoms with Crippen LogP contribution in [-0.4, -0.2) is 53.4 Å². The van der Waals surface area contributed by atoms with E-state index in [9.17, 15) is 4.79 Å². The molecule has 0 aromatic heterocycles. The van der Waals surface area contributed by atoms with Crippen LogP contribution < -0.4 is 14.8 Å². The van der Waals surface area contributed by atoms with Gasteiger partial charge in [0.05, 0.1) is 19.8 Å². The lowest BCUT2D eigenvalue weighted by Gasteiger charge is -2.28. The van der Waals surface area contributed by atoms with Crippen molar-refractivity contribution < 1.29 is 29.6 Å². The summed E-state index contributed by atoms with van der Waals surface area (Å²) in [7, 11) is 0. The highest BCUT2D eigenvalue weighted by atomic mass is 16.7. The van der Waals surface area contributed by atoms with Gasteiger partial charge in [0, 0.05) is 5.56 Å². The van der Waals surface area contributed by atoms with Crippen molar-refractivity contribution in [2.24, 2.45) is 0 Å². The van der Waals surface area contributed by atoms with Crippen LogP contribution in [-0.2, 0) is 0 Å². The predicted octanol–water partition coefficient (Wildman–Crippen LogP) is -1.14. The van der Waals surface area contributed by atoms with Gasteiger partial charge in [-0.3, -0.25) is 4.79 Å².